The van der Waals surface area contributed by atoms with Crippen molar-refractivity contribution in [2.24, 2.45) is 0 Å². The zero-order valence-electron chi connectivity index (χ0n) is 18.0. The van der Waals surface area contributed by atoms with Gasteiger partial charge in [0, 0.05) is 62.8 Å². The predicted molar refractivity (Wildman–Crippen MR) is 123 cm³/mol. The smallest absolute Gasteiger partial charge is 0.322 e. The average molecular weight is 480 g/mol. The molecule has 2 heterocycles. The first-order valence-corrected chi connectivity index (χ1v) is 11.4. The fourth-order valence-corrected chi connectivity index (χ4v) is 4.23. The van der Waals surface area contributed by atoms with Gasteiger partial charge in [-0.2, -0.15) is 0 Å². The number of urea groups is 1. The van der Waals surface area contributed by atoms with Crippen LogP contribution in [0.2, 0.25) is 5.02 Å². The van der Waals surface area contributed by atoms with Crippen LogP contribution in [0.5, 0.6) is 0 Å². The molecule has 0 atom stereocenters. The van der Waals surface area contributed by atoms with E-state index in [0.29, 0.717) is 60.7 Å². The van der Waals surface area contributed by atoms with Gasteiger partial charge in [-0.15, -0.1) is 11.3 Å². The molecule has 0 bridgehead atoms. The van der Waals surface area contributed by atoms with E-state index in [9.17, 15) is 14.4 Å². The Morgan fingerprint density at radius 3 is 2.59 bits per heavy atom. The largest absolute Gasteiger partial charge is 0.383 e. The predicted octanol–water partition coefficient (Wildman–Crippen LogP) is 2.78. The SMILES string of the molecule is COCCN(Cc1nc(C(=O)N2CCN(C(C)=O)CC2)cs1)C(=O)Nc1cccc(Cl)c1. The molecule has 172 valence electrons. The lowest BCUT2D eigenvalue weighted by atomic mass is 10.3. The molecular weight excluding hydrogens is 454 g/mol. The van der Waals surface area contributed by atoms with E-state index in [1.807, 2.05) is 0 Å². The number of nitrogens with zero attached hydrogens (tertiary/aromatic N) is 4. The molecule has 1 aliphatic rings. The minimum absolute atomic E-state index is 0.0141. The monoisotopic (exact) mass is 479 g/mol. The van der Waals surface area contributed by atoms with Gasteiger partial charge in [-0.1, -0.05) is 17.7 Å². The van der Waals surface area contributed by atoms with E-state index in [-0.39, 0.29) is 24.4 Å². The number of rotatable bonds is 7. The topological polar surface area (TPSA) is 95.1 Å². The van der Waals surface area contributed by atoms with E-state index >= 15 is 0 Å². The maximum absolute atomic E-state index is 12.8. The van der Waals surface area contributed by atoms with Gasteiger partial charge in [0.05, 0.1) is 13.2 Å². The second-order valence-electron chi connectivity index (χ2n) is 7.28. The number of anilines is 1. The number of hydrogen-bond acceptors (Lipinski definition) is 6. The van der Waals surface area contributed by atoms with Crippen LogP contribution >= 0.6 is 22.9 Å². The lowest BCUT2D eigenvalue weighted by Gasteiger charge is -2.33. The van der Waals surface area contributed by atoms with Crippen LogP contribution in [0.1, 0.15) is 22.4 Å². The van der Waals surface area contributed by atoms with E-state index < -0.39 is 0 Å². The number of hydrogen-bond donors (Lipinski definition) is 1. The zero-order valence-corrected chi connectivity index (χ0v) is 19.6. The molecule has 0 spiro atoms. The van der Waals surface area contributed by atoms with Crippen LogP contribution in [-0.4, -0.2) is 84.0 Å². The molecule has 32 heavy (non-hydrogen) atoms. The molecule has 1 aliphatic heterocycles. The number of halogens is 1. The number of thiazole rings is 1. The van der Waals surface area contributed by atoms with Gasteiger partial charge in [-0.05, 0) is 18.2 Å². The minimum atomic E-state index is -0.312. The molecule has 0 radical (unpaired) electrons. The Labute approximate surface area is 195 Å². The normalized spacial score (nSPS) is 13.7. The number of ether oxygens (including phenoxy) is 1. The third-order valence-corrected chi connectivity index (χ3v) is 6.11. The van der Waals surface area contributed by atoms with Gasteiger partial charge in [0.15, 0.2) is 0 Å². The van der Waals surface area contributed by atoms with Crippen LogP contribution in [0.25, 0.3) is 0 Å². The number of benzene rings is 1. The van der Waals surface area contributed by atoms with E-state index in [1.165, 1.54) is 18.3 Å². The molecule has 1 aromatic carbocycles. The maximum atomic E-state index is 12.8. The number of amides is 4. The van der Waals surface area contributed by atoms with Gasteiger partial charge >= 0.3 is 6.03 Å². The van der Waals surface area contributed by atoms with Crippen LogP contribution in [-0.2, 0) is 16.1 Å². The van der Waals surface area contributed by atoms with Crippen LogP contribution in [0, 0.1) is 0 Å². The fourth-order valence-electron chi connectivity index (χ4n) is 3.25. The molecule has 1 fully saturated rings. The molecular formula is C21H26ClN5O4S. The lowest BCUT2D eigenvalue weighted by Crippen LogP contribution is -2.50. The van der Waals surface area contributed by atoms with E-state index in [2.05, 4.69) is 10.3 Å². The molecule has 1 saturated heterocycles. The summed E-state index contributed by atoms with van der Waals surface area (Å²) in [6.07, 6.45) is 0. The van der Waals surface area contributed by atoms with Gasteiger partial charge < -0.3 is 24.8 Å². The highest BCUT2D eigenvalue weighted by molar-refractivity contribution is 7.09. The summed E-state index contributed by atoms with van der Waals surface area (Å²) >= 11 is 7.32. The lowest BCUT2D eigenvalue weighted by molar-refractivity contribution is -0.130. The third-order valence-electron chi connectivity index (χ3n) is 5.04. The number of piperazine rings is 1. The van der Waals surface area contributed by atoms with Crippen molar-refractivity contribution in [1.29, 1.82) is 0 Å². The molecule has 0 aliphatic carbocycles. The number of aromatic nitrogens is 1. The molecule has 11 heteroatoms. The first kappa shape index (κ1) is 24.0. The number of nitrogens with one attached hydrogen (secondary N) is 1. The molecule has 2 aromatic rings. The van der Waals surface area contributed by atoms with Crippen molar-refractivity contribution in [3.8, 4) is 0 Å². The van der Waals surface area contributed by atoms with Crippen LogP contribution in [0.15, 0.2) is 29.6 Å². The molecule has 0 saturated carbocycles. The molecule has 4 amide bonds. The fraction of sp³-hybridized carbons (Fsp3) is 0.429. The Balaban J connectivity index is 1.63. The molecule has 9 nitrogen and oxygen atoms in total. The zero-order chi connectivity index (χ0) is 23.1. The van der Waals surface area contributed by atoms with Gasteiger partial charge in [-0.25, -0.2) is 9.78 Å². The maximum Gasteiger partial charge on any atom is 0.322 e. The molecule has 0 unspecified atom stereocenters. The van der Waals surface area contributed by atoms with Crippen LogP contribution in [0.4, 0.5) is 10.5 Å². The van der Waals surface area contributed by atoms with Gasteiger partial charge in [0.2, 0.25) is 5.91 Å². The standard InChI is InChI=1S/C21H26ClN5O4S/c1-15(28)25-6-8-26(9-7-25)20(29)18-14-32-19(24-18)13-27(10-11-31-2)21(30)23-17-5-3-4-16(22)12-17/h3-5,12,14H,6-11,13H2,1-2H3,(H,23,30). The highest BCUT2D eigenvalue weighted by Crippen LogP contribution is 2.18. The summed E-state index contributed by atoms with van der Waals surface area (Å²) in [7, 11) is 1.57. The Morgan fingerprint density at radius 2 is 1.94 bits per heavy atom. The van der Waals surface area contributed by atoms with Crippen molar-refractivity contribution < 1.29 is 19.1 Å². The Morgan fingerprint density at radius 1 is 1.22 bits per heavy atom. The van der Waals surface area contributed by atoms with Gasteiger partial charge in [0.1, 0.15) is 10.7 Å². The van der Waals surface area contributed by atoms with Crippen molar-refractivity contribution in [2.45, 2.75) is 13.5 Å². The quantitative estimate of drug-likeness (QED) is 0.658. The summed E-state index contributed by atoms with van der Waals surface area (Å²) in [6, 6.07) is 6.60. The molecule has 3 rings (SSSR count). The highest BCUT2D eigenvalue weighted by Gasteiger charge is 2.25. The number of carbonyl (C=O) groups is 3. The summed E-state index contributed by atoms with van der Waals surface area (Å²) in [6.45, 7) is 4.49. The summed E-state index contributed by atoms with van der Waals surface area (Å²) in [4.78, 5) is 46.5. The van der Waals surface area contributed by atoms with E-state index in [4.69, 9.17) is 16.3 Å². The van der Waals surface area contributed by atoms with Gasteiger partial charge in [0.25, 0.3) is 5.91 Å². The van der Waals surface area contributed by atoms with Gasteiger partial charge in [-0.3, -0.25) is 9.59 Å². The van der Waals surface area contributed by atoms with Crippen LogP contribution in [0.3, 0.4) is 0 Å². The van der Waals surface area contributed by atoms with Crippen molar-refractivity contribution >= 4 is 46.5 Å². The summed E-state index contributed by atoms with van der Waals surface area (Å²) in [5.74, 6) is -0.150. The number of methoxy groups -OCH3 is 1. The van der Waals surface area contributed by atoms with Crippen molar-refractivity contribution in [1.82, 2.24) is 19.7 Å². The Kier molecular flexibility index (Phi) is 8.43. The number of carbonyl (C=O) groups excluding carboxylic acids is 3. The van der Waals surface area contributed by atoms with Crippen LogP contribution < -0.4 is 5.32 Å². The summed E-state index contributed by atoms with van der Waals surface area (Å²) < 4.78 is 5.13. The average Bonchev–Trinajstić information content (AvgIpc) is 3.24. The van der Waals surface area contributed by atoms with Crippen molar-refractivity contribution in [3.05, 3.63) is 45.4 Å². The summed E-state index contributed by atoms with van der Waals surface area (Å²) in [5, 5.41) is 5.70. The minimum Gasteiger partial charge on any atom is -0.383 e. The summed E-state index contributed by atoms with van der Waals surface area (Å²) in [5.41, 5.74) is 0.938. The van der Waals surface area contributed by atoms with E-state index in [1.54, 1.807) is 51.5 Å². The first-order chi connectivity index (χ1) is 15.4. The van der Waals surface area contributed by atoms with Crippen molar-refractivity contribution in [2.75, 3.05) is 51.8 Å². The van der Waals surface area contributed by atoms with E-state index in [0.717, 1.165) is 0 Å². The second-order valence-corrected chi connectivity index (χ2v) is 8.66. The third kappa shape index (κ3) is 6.41. The molecule has 1 N–H and O–H groups in total. The highest BCUT2D eigenvalue weighted by atomic mass is 35.5. The Hall–Kier alpha value is -2.69. The first-order valence-electron chi connectivity index (χ1n) is 10.2. The second kappa shape index (κ2) is 11.3. The Bertz CT molecular complexity index is 961. The molecule has 1 aromatic heterocycles. The van der Waals surface area contributed by atoms with Crippen molar-refractivity contribution in [3.63, 3.8) is 0 Å².